The third-order valence-corrected chi connectivity index (χ3v) is 8.60. The van der Waals surface area contributed by atoms with Gasteiger partial charge in [-0.15, -0.1) is 0 Å². The maximum atomic E-state index is 13.3. The summed E-state index contributed by atoms with van der Waals surface area (Å²) >= 11 is 0. The Morgan fingerprint density at radius 2 is 1.81 bits per heavy atom. The van der Waals surface area contributed by atoms with Gasteiger partial charge in [0.05, 0.1) is 11.1 Å². The predicted molar refractivity (Wildman–Crippen MR) is 136 cm³/mol. The molecule has 3 saturated carbocycles. The van der Waals surface area contributed by atoms with Crippen molar-refractivity contribution in [3.8, 4) is 0 Å². The molecule has 1 heterocycles. The molecule has 0 saturated heterocycles. The summed E-state index contributed by atoms with van der Waals surface area (Å²) < 4.78 is 41.8. The average molecular weight is 523 g/mol. The molecule has 3 fully saturated rings. The Hall–Kier alpha value is -3.63. The van der Waals surface area contributed by atoms with Crippen LogP contribution in [0.5, 0.6) is 0 Å². The van der Waals surface area contributed by atoms with Gasteiger partial charge in [0.25, 0.3) is 5.91 Å². The van der Waals surface area contributed by atoms with E-state index in [1.54, 1.807) is 13.0 Å². The van der Waals surface area contributed by atoms with Gasteiger partial charge in [-0.05, 0) is 73.6 Å². The van der Waals surface area contributed by atoms with E-state index in [1.165, 1.54) is 18.2 Å². The fourth-order valence-electron chi connectivity index (χ4n) is 4.91. The number of sulfonamides is 1. The number of pyridine rings is 1. The maximum Gasteiger partial charge on any atom is 0.270 e. The molecule has 10 heteroatoms. The van der Waals surface area contributed by atoms with Crippen LogP contribution in [0.2, 0.25) is 0 Å². The molecule has 0 spiro atoms. The first kappa shape index (κ1) is 25.0. The number of hydrogen-bond donors (Lipinski definition) is 3. The van der Waals surface area contributed by atoms with E-state index in [0.29, 0.717) is 17.2 Å². The number of halogens is 1. The molecule has 1 atom stereocenters. The van der Waals surface area contributed by atoms with E-state index in [0.717, 1.165) is 37.1 Å². The molecule has 0 radical (unpaired) electrons. The van der Waals surface area contributed by atoms with Crippen LogP contribution in [0.3, 0.4) is 0 Å². The van der Waals surface area contributed by atoms with Crippen LogP contribution in [0.15, 0.2) is 71.8 Å². The minimum atomic E-state index is -3.67. The summed E-state index contributed by atoms with van der Waals surface area (Å²) in [7, 11) is -3.67. The zero-order valence-electron chi connectivity index (χ0n) is 20.2. The van der Waals surface area contributed by atoms with Gasteiger partial charge in [-0.1, -0.05) is 30.3 Å². The summed E-state index contributed by atoms with van der Waals surface area (Å²) in [5.74, 6) is -1.03. The van der Waals surface area contributed by atoms with Gasteiger partial charge >= 0.3 is 0 Å². The van der Waals surface area contributed by atoms with Crippen molar-refractivity contribution in [2.24, 2.45) is 5.92 Å². The first-order valence-corrected chi connectivity index (χ1v) is 13.5. The fourth-order valence-corrected chi connectivity index (χ4v) is 6.43. The van der Waals surface area contributed by atoms with Crippen molar-refractivity contribution in [1.29, 1.82) is 0 Å². The molecule has 6 rings (SSSR count). The highest BCUT2D eigenvalue weighted by Gasteiger charge is 2.58. The van der Waals surface area contributed by atoms with Crippen molar-refractivity contribution in [3.63, 3.8) is 0 Å². The van der Waals surface area contributed by atoms with Crippen molar-refractivity contribution in [3.05, 3.63) is 89.5 Å². The van der Waals surface area contributed by atoms with Crippen LogP contribution < -0.4 is 15.4 Å². The second-order valence-corrected chi connectivity index (χ2v) is 11.6. The molecule has 3 aliphatic carbocycles. The van der Waals surface area contributed by atoms with Crippen LogP contribution in [0.1, 0.15) is 40.9 Å². The van der Waals surface area contributed by atoms with Gasteiger partial charge in [0, 0.05) is 17.6 Å². The van der Waals surface area contributed by atoms with Crippen molar-refractivity contribution in [2.45, 2.75) is 49.1 Å². The maximum absolute atomic E-state index is 13.3. The lowest BCUT2D eigenvalue weighted by Crippen LogP contribution is -2.67. The molecule has 3 aromatic rings. The highest BCUT2D eigenvalue weighted by atomic mass is 32.2. The highest BCUT2D eigenvalue weighted by molar-refractivity contribution is 7.89. The van der Waals surface area contributed by atoms with Crippen molar-refractivity contribution in [1.82, 2.24) is 15.0 Å². The van der Waals surface area contributed by atoms with Crippen LogP contribution in [0, 0.1) is 18.7 Å². The van der Waals surface area contributed by atoms with E-state index in [-0.39, 0.29) is 22.5 Å². The zero-order valence-corrected chi connectivity index (χ0v) is 21.0. The molecule has 2 amide bonds. The van der Waals surface area contributed by atoms with Crippen molar-refractivity contribution in [2.75, 3.05) is 5.32 Å². The van der Waals surface area contributed by atoms with E-state index < -0.39 is 33.7 Å². The number of carbonyl (C=O) groups excluding carboxylic acids is 2. The fraction of sp³-hybridized carbons (Fsp3) is 0.296. The van der Waals surface area contributed by atoms with Gasteiger partial charge < -0.3 is 10.6 Å². The number of benzene rings is 2. The third-order valence-electron chi connectivity index (χ3n) is 7.02. The van der Waals surface area contributed by atoms with Crippen LogP contribution in [-0.2, 0) is 21.2 Å². The van der Waals surface area contributed by atoms with Gasteiger partial charge in [-0.2, -0.15) is 0 Å². The smallest absolute Gasteiger partial charge is 0.270 e. The molecule has 2 bridgehead atoms. The van der Waals surface area contributed by atoms with Gasteiger partial charge in [0.2, 0.25) is 15.9 Å². The summed E-state index contributed by atoms with van der Waals surface area (Å²) in [6.45, 7) is 1.71. The Labute approximate surface area is 214 Å². The van der Waals surface area contributed by atoms with E-state index in [2.05, 4.69) is 20.3 Å². The monoisotopic (exact) mass is 522 g/mol. The van der Waals surface area contributed by atoms with Gasteiger partial charge in [0.15, 0.2) is 0 Å². The Kier molecular flexibility index (Phi) is 6.55. The van der Waals surface area contributed by atoms with Gasteiger partial charge in [-0.3, -0.25) is 9.59 Å². The second-order valence-electron chi connectivity index (χ2n) is 9.91. The molecular weight excluding hydrogens is 495 g/mol. The minimum Gasteiger partial charge on any atom is -0.339 e. The number of aryl methyl sites for hydroxylation is 1. The van der Waals surface area contributed by atoms with Crippen LogP contribution >= 0.6 is 0 Å². The summed E-state index contributed by atoms with van der Waals surface area (Å²) in [5, 5.41) is 5.48. The van der Waals surface area contributed by atoms with E-state index in [1.807, 2.05) is 30.3 Å². The van der Waals surface area contributed by atoms with E-state index in [4.69, 9.17) is 0 Å². The molecule has 1 unspecified atom stereocenters. The number of anilines is 1. The Morgan fingerprint density at radius 1 is 1.08 bits per heavy atom. The zero-order chi connectivity index (χ0) is 26.2. The summed E-state index contributed by atoms with van der Waals surface area (Å²) in [4.78, 5) is 29.9. The van der Waals surface area contributed by atoms with Crippen molar-refractivity contribution < 1.29 is 22.4 Å². The van der Waals surface area contributed by atoms with E-state index in [9.17, 15) is 22.4 Å². The number of amides is 2. The number of hydrogen-bond acceptors (Lipinski definition) is 5. The number of rotatable bonds is 9. The molecule has 0 aliphatic heterocycles. The highest BCUT2D eigenvalue weighted by Crippen LogP contribution is 2.57. The quantitative estimate of drug-likeness (QED) is 0.399. The summed E-state index contributed by atoms with van der Waals surface area (Å²) in [6, 6.07) is 15.1. The molecule has 192 valence electrons. The first-order valence-electron chi connectivity index (χ1n) is 12.0. The molecule has 8 nitrogen and oxygen atoms in total. The summed E-state index contributed by atoms with van der Waals surface area (Å²) in [5.41, 5.74) is 1.52. The van der Waals surface area contributed by atoms with E-state index >= 15 is 0 Å². The first-order chi connectivity index (χ1) is 17.6. The third kappa shape index (κ3) is 5.40. The summed E-state index contributed by atoms with van der Waals surface area (Å²) in [6.07, 6.45) is 3.81. The lowest BCUT2D eigenvalue weighted by Gasteiger charge is -2.61. The molecule has 3 N–H and O–H groups in total. The SMILES string of the molecule is Cc1cc(S(=O)(=O)NC23CC(C2)C3)ccc1NC(=O)C(Cc1ccccc1)NC(=O)c1ccc(F)cn1. The van der Waals surface area contributed by atoms with Gasteiger partial charge in [0.1, 0.15) is 17.6 Å². The average Bonchev–Trinajstić information content (AvgIpc) is 2.82. The largest absolute Gasteiger partial charge is 0.339 e. The van der Waals surface area contributed by atoms with Gasteiger partial charge in [-0.25, -0.2) is 22.5 Å². The Bertz CT molecular complexity index is 1430. The molecule has 2 aromatic carbocycles. The standard InChI is InChI=1S/C27H27FN4O4S/c1-17-11-21(37(35,36)32-27-13-19(14-27)15-27)8-10-22(17)30-26(34)24(12-18-5-3-2-4-6-18)31-25(33)23-9-7-20(28)16-29-23/h2-11,16,19,24,32H,12-15H2,1H3,(H,30,34)(H,31,33). The molecule has 37 heavy (non-hydrogen) atoms. The molecular formula is C27H27FN4O4S. The molecule has 3 aliphatic rings. The molecule has 1 aromatic heterocycles. The van der Waals surface area contributed by atoms with Crippen molar-refractivity contribution >= 4 is 27.5 Å². The number of nitrogens with zero attached hydrogens (tertiary/aromatic N) is 1. The lowest BCUT2D eigenvalue weighted by molar-refractivity contribution is -0.118. The number of carbonyl (C=O) groups is 2. The number of nitrogens with one attached hydrogen (secondary N) is 3. The number of aromatic nitrogens is 1. The Morgan fingerprint density at radius 3 is 2.41 bits per heavy atom. The second kappa shape index (κ2) is 9.68. The Balaban J connectivity index is 1.32. The topological polar surface area (TPSA) is 117 Å². The lowest BCUT2D eigenvalue weighted by atomic mass is 9.50. The van der Waals surface area contributed by atoms with Crippen LogP contribution in [0.4, 0.5) is 10.1 Å². The van der Waals surface area contributed by atoms with Crippen LogP contribution in [0.25, 0.3) is 0 Å². The predicted octanol–water partition coefficient (Wildman–Crippen LogP) is 3.34. The minimum absolute atomic E-state index is 0.0192. The van der Waals surface area contributed by atoms with Crippen LogP contribution in [-0.4, -0.2) is 36.8 Å². The normalized spacial score (nSPS) is 20.8.